The second kappa shape index (κ2) is 8.15. The molecule has 0 saturated carbocycles. The molecule has 0 bridgehead atoms. The largest absolute Gasteiger partial charge is 0.337 e. The molecule has 1 fully saturated rings. The van der Waals surface area contributed by atoms with Crippen LogP contribution in [0.15, 0.2) is 41.8 Å². The van der Waals surface area contributed by atoms with E-state index in [1.807, 2.05) is 16.3 Å². The Morgan fingerprint density at radius 3 is 2.58 bits per heavy atom. The van der Waals surface area contributed by atoms with Gasteiger partial charge in [-0.1, -0.05) is 44.2 Å². The molecular weight excluding hydrogens is 340 g/mol. The molecule has 1 amide bonds. The number of rotatable bonds is 4. The van der Waals surface area contributed by atoms with E-state index >= 15 is 0 Å². The lowest BCUT2D eigenvalue weighted by Crippen LogP contribution is -2.30. The van der Waals surface area contributed by atoms with Crippen LogP contribution in [-0.2, 0) is 0 Å². The smallest absolute Gasteiger partial charge is 0.264 e. The number of carbonyl (C=O) groups excluding carboxylic acids is 1. The number of nitrogens with two attached hydrogens (primary N) is 1. The molecule has 24 heavy (non-hydrogen) atoms. The fraction of sp³-hybridized carbons (Fsp3) is 0.421. The van der Waals surface area contributed by atoms with Crippen LogP contribution in [0.25, 0.3) is 0 Å². The lowest BCUT2D eigenvalue weighted by Gasteiger charge is -2.17. The van der Waals surface area contributed by atoms with Crippen molar-refractivity contribution in [3.63, 3.8) is 0 Å². The maximum absolute atomic E-state index is 13.0. The second-order valence-corrected chi connectivity index (χ2v) is 7.50. The minimum absolute atomic E-state index is 0. The van der Waals surface area contributed by atoms with Crippen LogP contribution in [0.1, 0.15) is 46.5 Å². The minimum Gasteiger partial charge on any atom is -0.337 e. The van der Waals surface area contributed by atoms with Gasteiger partial charge in [-0.15, -0.1) is 23.7 Å². The molecule has 0 radical (unpaired) electrons. The fourth-order valence-corrected chi connectivity index (χ4v) is 4.47. The van der Waals surface area contributed by atoms with E-state index in [-0.39, 0.29) is 18.3 Å². The summed E-state index contributed by atoms with van der Waals surface area (Å²) in [6, 6.07) is 12.5. The van der Waals surface area contributed by atoms with Crippen molar-refractivity contribution >= 4 is 29.7 Å². The van der Waals surface area contributed by atoms with Crippen molar-refractivity contribution in [3.8, 4) is 0 Å². The van der Waals surface area contributed by atoms with Crippen LogP contribution >= 0.6 is 23.7 Å². The first-order chi connectivity index (χ1) is 11.1. The van der Waals surface area contributed by atoms with Gasteiger partial charge in [-0.05, 0) is 41.0 Å². The molecule has 1 aliphatic rings. The summed E-state index contributed by atoms with van der Waals surface area (Å²) in [6.45, 7) is 6.41. The molecule has 130 valence electrons. The molecule has 3 nitrogen and oxygen atoms in total. The SMILES string of the molecule is CC(C)c1ccsc1C(=O)N1C[C@@H](CN)[C@H](c2ccccc2)C1.Cl. The molecule has 5 heteroatoms. The van der Waals surface area contributed by atoms with Gasteiger partial charge in [-0.3, -0.25) is 4.79 Å². The van der Waals surface area contributed by atoms with Crippen molar-refractivity contribution in [1.29, 1.82) is 0 Å². The summed E-state index contributed by atoms with van der Waals surface area (Å²) in [5.74, 6) is 1.22. The number of thiophene rings is 1. The number of halogens is 1. The Hall–Kier alpha value is -1.36. The highest BCUT2D eigenvalue weighted by molar-refractivity contribution is 7.12. The zero-order valence-electron chi connectivity index (χ0n) is 14.1. The Bertz CT molecular complexity index is 671. The van der Waals surface area contributed by atoms with E-state index in [1.165, 1.54) is 5.56 Å². The van der Waals surface area contributed by atoms with Crippen molar-refractivity contribution in [2.75, 3.05) is 19.6 Å². The molecule has 0 unspecified atom stereocenters. The average Bonchev–Trinajstić information content (AvgIpc) is 3.22. The standard InChI is InChI=1S/C19H24N2OS.ClH/c1-13(2)16-8-9-23-18(16)19(22)21-11-15(10-20)17(12-21)14-6-4-3-5-7-14;/h3-9,13,15,17H,10-12,20H2,1-2H3;1H/t15-,17+;/m1./s1. The van der Waals surface area contributed by atoms with Crippen LogP contribution in [0.4, 0.5) is 0 Å². The van der Waals surface area contributed by atoms with E-state index in [9.17, 15) is 4.79 Å². The van der Waals surface area contributed by atoms with E-state index in [0.29, 0.717) is 24.3 Å². The van der Waals surface area contributed by atoms with E-state index in [1.54, 1.807) is 11.3 Å². The number of amides is 1. The summed E-state index contributed by atoms with van der Waals surface area (Å²) < 4.78 is 0. The minimum atomic E-state index is 0. The Labute approximate surface area is 154 Å². The van der Waals surface area contributed by atoms with Gasteiger partial charge in [0.25, 0.3) is 5.91 Å². The molecule has 2 aromatic rings. The van der Waals surface area contributed by atoms with E-state index < -0.39 is 0 Å². The molecule has 2 N–H and O–H groups in total. The van der Waals surface area contributed by atoms with Gasteiger partial charge in [-0.2, -0.15) is 0 Å². The first kappa shape index (κ1) is 19.0. The van der Waals surface area contributed by atoms with Crippen LogP contribution in [-0.4, -0.2) is 30.4 Å². The normalized spacial score (nSPS) is 20.2. The van der Waals surface area contributed by atoms with Crippen LogP contribution in [0.3, 0.4) is 0 Å². The monoisotopic (exact) mass is 364 g/mol. The Kier molecular flexibility index (Phi) is 6.44. The maximum Gasteiger partial charge on any atom is 0.264 e. The fourth-order valence-electron chi connectivity index (χ4n) is 3.45. The first-order valence-electron chi connectivity index (χ1n) is 8.23. The molecule has 1 saturated heterocycles. The van der Waals surface area contributed by atoms with Gasteiger partial charge in [0.2, 0.25) is 0 Å². The number of likely N-dealkylation sites (tertiary alicyclic amines) is 1. The van der Waals surface area contributed by atoms with Gasteiger partial charge in [0.05, 0.1) is 4.88 Å². The lowest BCUT2D eigenvalue weighted by atomic mass is 9.89. The highest BCUT2D eigenvalue weighted by Gasteiger charge is 2.36. The summed E-state index contributed by atoms with van der Waals surface area (Å²) in [5, 5.41) is 2.02. The molecule has 2 heterocycles. The number of benzene rings is 1. The summed E-state index contributed by atoms with van der Waals surface area (Å²) >= 11 is 1.56. The maximum atomic E-state index is 13.0. The van der Waals surface area contributed by atoms with Crippen molar-refractivity contribution in [2.45, 2.75) is 25.7 Å². The predicted molar refractivity (Wildman–Crippen MR) is 103 cm³/mol. The molecule has 1 aliphatic heterocycles. The van der Waals surface area contributed by atoms with Gasteiger partial charge < -0.3 is 10.6 Å². The summed E-state index contributed by atoms with van der Waals surface area (Å²) in [6.07, 6.45) is 0. The van der Waals surface area contributed by atoms with Crippen molar-refractivity contribution in [2.24, 2.45) is 11.7 Å². The molecule has 1 aromatic carbocycles. The Balaban J connectivity index is 0.00000208. The number of carbonyl (C=O) groups is 1. The number of hydrogen-bond donors (Lipinski definition) is 1. The van der Waals surface area contributed by atoms with Crippen molar-refractivity contribution in [3.05, 3.63) is 57.8 Å². The van der Waals surface area contributed by atoms with Gasteiger partial charge >= 0.3 is 0 Å². The van der Waals surface area contributed by atoms with Gasteiger partial charge in [0.15, 0.2) is 0 Å². The number of nitrogens with zero attached hydrogens (tertiary/aromatic N) is 1. The highest BCUT2D eigenvalue weighted by Crippen LogP contribution is 2.34. The zero-order chi connectivity index (χ0) is 16.4. The highest BCUT2D eigenvalue weighted by atomic mass is 35.5. The third kappa shape index (κ3) is 3.66. The Morgan fingerprint density at radius 2 is 1.96 bits per heavy atom. The van der Waals surface area contributed by atoms with Gasteiger partial charge in [-0.25, -0.2) is 0 Å². The third-order valence-corrected chi connectivity index (χ3v) is 5.69. The molecule has 0 aliphatic carbocycles. The average molecular weight is 365 g/mol. The second-order valence-electron chi connectivity index (χ2n) is 6.58. The molecule has 3 rings (SSSR count). The summed E-state index contributed by atoms with van der Waals surface area (Å²) in [5.41, 5.74) is 8.43. The van der Waals surface area contributed by atoms with Crippen molar-refractivity contribution < 1.29 is 4.79 Å². The quantitative estimate of drug-likeness (QED) is 0.887. The van der Waals surface area contributed by atoms with Crippen LogP contribution in [0.2, 0.25) is 0 Å². The van der Waals surface area contributed by atoms with Crippen LogP contribution < -0.4 is 5.73 Å². The van der Waals surface area contributed by atoms with E-state index in [2.05, 4.69) is 44.2 Å². The molecule has 1 aromatic heterocycles. The Morgan fingerprint density at radius 1 is 1.25 bits per heavy atom. The predicted octanol–water partition coefficient (Wildman–Crippen LogP) is 4.11. The first-order valence-corrected chi connectivity index (χ1v) is 9.11. The molecule has 0 spiro atoms. The van der Waals surface area contributed by atoms with Gasteiger partial charge in [0, 0.05) is 19.0 Å². The molecule has 2 atom stereocenters. The van der Waals surface area contributed by atoms with E-state index in [0.717, 1.165) is 23.5 Å². The summed E-state index contributed by atoms with van der Waals surface area (Å²) in [7, 11) is 0. The van der Waals surface area contributed by atoms with Crippen molar-refractivity contribution in [1.82, 2.24) is 4.90 Å². The third-order valence-electron chi connectivity index (χ3n) is 4.77. The zero-order valence-corrected chi connectivity index (χ0v) is 15.8. The van der Waals surface area contributed by atoms with E-state index in [4.69, 9.17) is 5.73 Å². The van der Waals surface area contributed by atoms with Gasteiger partial charge in [0.1, 0.15) is 0 Å². The summed E-state index contributed by atoms with van der Waals surface area (Å²) in [4.78, 5) is 15.9. The lowest BCUT2D eigenvalue weighted by molar-refractivity contribution is 0.0790. The van der Waals surface area contributed by atoms with Crippen LogP contribution in [0, 0.1) is 5.92 Å². The number of hydrogen-bond acceptors (Lipinski definition) is 3. The topological polar surface area (TPSA) is 46.3 Å². The molecular formula is C19H25ClN2OS. The van der Waals surface area contributed by atoms with Crippen LogP contribution in [0.5, 0.6) is 0 Å².